The maximum atomic E-state index is 13.3. The van der Waals surface area contributed by atoms with Crippen molar-refractivity contribution < 1.29 is 22.7 Å². The second-order valence-corrected chi connectivity index (χ2v) is 11.8. The van der Waals surface area contributed by atoms with Crippen LogP contribution >= 0.6 is 23.5 Å². The molecule has 28 heavy (non-hydrogen) atoms. The number of ether oxygens (including phenoxy) is 1. The summed E-state index contributed by atoms with van der Waals surface area (Å²) in [6.45, 7) is 3.80. The van der Waals surface area contributed by atoms with E-state index in [1.54, 1.807) is 54.7 Å². The molecule has 1 spiro atoms. The van der Waals surface area contributed by atoms with Gasteiger partial charge in [0.2, 0.25) is 15.9 Å². The molecule has 1 N–H and O–H groups in total. The number of sulfonamides is 1. The van der Waals surface area contributed by atoms with Gasteiger partial charge in [-0.25, -0.2) is 8.42 Å². The standard InChI is InChI=1S/C18H24N2O5S3/c1-3-25-16(21)11-19-17(22)15-10-18(26-8-9-27-18)12-20(15)28(23,24)14-6-4-13(2)5-7-14/h4-7,15H,3,8-12H2,1-2H3,(H,19,22)/t15-/m0/s1. The van der Waals surface area contributed by atoms with Crippen molar-refractivity contribution in [2.45, 2.75) is 35.3 Å². The maximum absolute atomic E-state index is 13.3. The molecule has 2 fully saturated rings. The van der Waals surface area contributed by atoms with E-state index in [1.165, 1.54) is 4.31 Å². The van der Waals surface area contributed by atoms with Gasteiger partial charge in [0.1, 0.15) is 12.6 Å². The Hall–Kier alpha value is -1.23. The molecule has 0 saturated carbocycles. The average Bonchev–Trinajstić information content (AvgIpc) is 3.28. The smallest absolute Gasteiger partial charge is 0.325 e. The number of hydrogen-bond acceptors (Lipinski definition) is 7. The monoisotopic (exact) mass is 444 g/mol. The van der Waals surface area contributed by atoms with Gasteiger partial charge in [0.25, 0.3) is 0 Å². The van der Waals surface area contributed by atoms with Crippen molar-refractivity contribution in [3.63, 3.8) is 0 Å². The van der Waals surface area contributed by atoms with E-state index in [2.05, 4.69) is 5.32 Å². The van der Waals surface area contributed by atoms with Gasteiger partial charge in [-0.05, 0) is 32.4 Å². The number of nitrogens with one attached hydrogen (secondary N) is 1. The van der Waals surface area contributed by atoms with E-state index in [4.69, 9.17) is 4.74 Å². The third-order valence-corrected chi connectivity index (χ3v) is 10.00. The molecule has 0 radical (unpaired) electrons. The van der Waals surface area contributed by atoms with Gasteiger partial charge < -0.3 is 10.1 Å². The minimum atomic E-state index is -3.83. The highest BCUT2D eigenvalue weighted by atomic mass is 32.2. The van der Waals surface area contributed by atoms with Crippen LogP contribution in [0.4, 0.5) is 0 Å². The van der Waals surface area contributed by atoms with Crippen LogP contribution in [-0.2, 0) is 24.3 Å². The quantitative estimate of drug-likeness (QED) is 0.667. The third-order valence-electron chi connectivity index (χ3n) is 4.70. The van der Waals surface area contributed by atoms with E-state index >= 15 is 0 Å². The van der Waals surface area contributed by atoms with Crippen molar-refractivity contribution in [1.29, 1.82) is 0 Å². The predicted molar refractivity (Wildman–Crippen MR) is 111 cm³/mol. The molecule has 0 bridgehead atoms. The van der Waals surface area contributed by atoms with Gasteiger partial charge in [-0.3, -0.25) is 9.59 Å². The molecule has 1 atom stereocenters. The Morgan fingerprint density at radius 3 is 2.50 bits per heavy atom. The average molecular weight is 445 g/mol. The summed E-state index contributed by atoms with van der Waals surface area (Å²) >= 11 is 3.42. The lowest BCUT2D eigenvalue weighted by Crippen LogP contribution is -2.47. The highest BCUT2D eigenvalue weighted by molar-refractivity contribution is 8.21. The van der Waals surface area contributed by atoms with Crippen molar-refractivity contribution in [3.8, 4) is 0 Å². The summed E-state index contributed by atoms with van der Waals surface area (Å²) in [5, 5.41) is 2.54. The summed E-state index contributed by atoms with van der Waals surface area (Å²) in [5.74, 6) is 0.857. The molecule has 1 aromatic rings. The molecule has 2 aliphatic heterocycles. The molecule has 2 heterocycles. The molecule has 7 nitrogen and oxygen atoms in total. The van der Waals surface area contributed by atoms with E-state index in [9.17, 15) is 18.0 Å². The number of benzene rings is 1. The fraction of sp³-hybridized carbons (Fsp3) is 0.556. The molecule has 3 rings (SSSR count). The first-order valence-corrected chi connectivity index (χ1v) is 12.5. The lowest BCUT2D eigenvalue weighted by Gasteiger charge is -2.23. The fourth-order valence-corrected chi connectivity index (χ4v) is 8.39. The van der Waals surface area contributed by atoms with Crippen molar-refractivity contribution in [2.24, 2.45) is 0 Å². The molecule has 154 valence electrons. The molecule has 1 amide bonds. The van der Waals surface area contributed by atoms with E-state index in [0.29, 0.717) is 6.42 Å². The van der Waals surface area contributed by atoms with Crippen LogP contribution in [0.5, 0.6) is 0 Å². The van der Waals surface area contributed by atoms with Crippen LogP contribution in [-0.4, -0.2) is 65.9 Å². The number of hydrogen-bond donors (Lipinski definition) is 1. The number of rotatable bonds is 6. The van der Waals surface area contributed by atoms with Crippen LogP contribution in [0.3, 0.4) is 0 Å². The van der Waals surface area contributed by atoms with Gasteiger partial charge in [-0.15, -0.1) is 23.5 Å². The number of esters is 1. The van der Waals surface area contributed by atoms with Gasteiger partial charge in [0.05, 0.1) is 15.6 Å². The lowest BCUT2D eigenvalue weighted by molar-refractivity contribution is -0.143. The summed E-state index contributed by atoms with van der Waals surface area (Å²) in [5.41, 5.74) is 0.961. The van der Waals surface area contributed by atoms with Crippen LogP contribution < -0.4 is 5.32 Å². The molecule has 2 saturated heterocycles. The number of thioether (sulfide) groups is 2. The normalized spacial score (nSPS) is 21.7. The molecule has 10 heteroatoms. The molecule has 1 aromatic carbocycles. The fourth-order valence-electron chi connectivity index (χ4n) is 3.33. The number of nitrogens with zero attached hydrogens (tertiary/aromatic N) is 1. The zero-order valence-corrected chi connectivity index (χ0v) is 18.3. The second-order valence-electron chi connectivity index (χ2n) is 6.71. The van der Waals surface area contributed by atoms with Crippen molar-refractivity contribution >= 4 is 45.4 Å². The predicted octanol–water partition coefficient (Wildman–Crippen LogP) is 1.61. The van der Waals surface area contributed by atoms with Gasteiger partial charge >= 0.3 is 5.97 Å². The van der Waals surface area contributed by atoms with E-state index in [1.807, 2.05) is 6.92 Å². The lowest BCUT2D eigenvalue weighted by atomic mass is 10.2. The van der Waals surface area contributed by atoms with Crippen molar-refractivity contribution in [1.82, 2.24) is 9.62 Å². The Morgan fingerprint density at radius 1 is 1.25 bits per heavy atom. The van der Waals surface area contributed by atoms with Gasteiger partial charge in [0, 0.05) is 18.1 Å². The van der Waals surface area contributed by atoms with E-state index in [0.717, 1.165) is 17.1 Å². The topological polar surface area (TPSA) is 92.8 Å². The third kappa shape index (κ3) is 4.50. The molecular weight excluding hydrogens is 420 g/mol. The van der Waals surface area contributed by atoms with Crippen LogP contribution in [0.2, 0.25) is 0 Å². The largest absolute Gasteiger partial charge is 0.465 e. The Morgan fingerprint density at radius 2 is 1.89 bits per heavy atom. The zero-order chi connectivity index (χ0) is 20.4. The number of carbonyl (C=O) groups excluding carboxylic acids is 2. The molecular formula is C18H24N2O5S3. The summed E-state index contributed by atoms with van der Waals surface area (Å²) in [4.78, 5) is 24.5. The summed E-state index contributed by atoms with van der Waals surface area (Å²) in [7, 11) is -3.83. The van der Waals surface area contributed by atoms with E-state index in [-0.39, 0.29) is 28.7 Å². The number of amides is 1. The highest BCUT2D eigenvalue weighted by Gasteiger charge is 2.53. The van der Waals surface area contributed by atoms with Gasteiger partial charge in [-0.1, -0.05) is 17.7 Å². The number of carbonyl (C=O) groups is 2. The summed E-state index contributed by atoms with van der Waals surface area (Å²) < 4.78 is 32.4. The van der Waals surface area contributed by atoms with E-state index < -0.39 is 27.9 Å². The molecule has 0 aromatic heterocycles. The number of aryl methyl sites for hydroxylation is 1. The first kappa shape index (κ1) is 21.5. The van der Waals surface area contributed by atoms with Crippen LogP contribution in [0.1, 0.15) is 18.9 Å². The SMILES string of the molecule is CCOC(=O)CNC(=O)[C@@H]1CC2(CN1S(=O)(=O)c1ccc(C)cc1)SCCS2. The summed E-state index contributed by atoms with van der Waals surface area (Å²) in [6, 6.07) is 5.77. The highest BCUT2D eigenvalue weighted by Crippen LogP contribution is 2.52. The first-order chi connectivity index (χ1) is 13.3. The van der Waals surface area contributed by atoms with Crippen LogP contribution in [0.15, 0.2) is 29.2 Å². The minimum absolute atomic E-state index is 0.173. The molecule has 2 aliphatic rings. The van der Waals surface area contributed by atoms with Crippen LogP contribution in [0.25, 0.3) is 0 Å². The van der Waals surface area contributed by atoms with Gasteiger partial charge in [-0.2, -0.15) is 4.31 Å². The maximum Gasteiger partial charge on any atom is 0.325 e. The van der Waals surface area contributed by atoms with Crippen molar-refractivity contribution in [3.05, 3.63) is 29.8 Å². The Labute approximate surface area is 174 Å². The van der Waals surface area contributed by atoms with Crippen molar-refractivity contribution in [2.75, 3.05) is 31.2 Å². The summed E-state index contributed by atoms with van der Waals surface area (Å²) in [6.07, 6.45) is 0.419. The molecule has 0 aliphatic carbocycles. The van der Waals surface area contributed by atoms with Crippen LogP contribution in [0, 0.1) is 6.92 Å². The zero-order valence-electron chi connectivity index (χ0n) is 15.8. The Kier molecular flexibility index (Phi) is 6.63. The van der Waals surface area contributed by atoms with Gasteiger partial charge in [0.15, 0.2) is 0 Å². The second kappa shape index (κ2) is 8.64. The Bertz CT molecular complexity index is 835. The minimum Gasteiger partial charge on any atom is -0.465 e. The first-order valence-electron chi connectivity index (χ1n) is 9.07. The molecule has 0 unspecified atom stereocenters. The Balaban J connectivity index is 1.84.